The van der Waals surface area contributed by atoms with Crippen molar-refractivity contribution in [2.75, 3.05) is 33.5 Å². The number of nitrogens with one attached hydrogen (secondary N) is 1. The quantitative estimate of drug-likeness (QED) is 0.475. The Hall–Kier alpha value is -2.33. The van der Waals surface area contributed by atoms with E-state index in [2.05, 4.69) is 11.2 Å². The van der Waals surface area contributed by atoms with E-state index in [1.165, 1.54) is 0 Å². The van der Waals surface area contributed by atoms with Crippen molar-refractivity contribution in [1.82, 2.24) is 5.32 Å². The van der Waals surface area contributed by atoms with Crippen LogP contribution in [0.4, 0.5) is 0 Å². The molecule has 1 heterocycles. The molecule has 0 fully saturated rings. The van der Waals surface area contributed by atoms with Gasteiger partial charge < -0.3 is 24.6 Å². The van der Waals surface area contributed by atoms with Crippen molar-refractivity contribution in [2.24, 2.45) is 5.92 Å². The van der Waals surface area contributed by atoms with Gasteiger partial charge in [-0.3, -0.25) is 4.79 Å². The molecule has 1 aliphatic rings. The molecule has 0 saturated carbocycles. The van der Waals surface area contributed by atoms with E-state index in [9.17, 15) is 9.90 Å². The first kappa shape index (κ1) is 22.0. The molecular weight excluding hydrogens is 358 g/mol. The summed E-state index contributed by atoms with van der Waals surface area (Å²) in [5.41, 5.74) is 1.82. The van der Waals surface area contributed by atoms with E-state index in [1.54, 1.807) is 7.11 Å². The molecular formula is C22H29NO5. The summed E-state index contributed by atoms with van der Waals surface area (Å²) in [6, 6.07) is 7.71. The van der Waals surface area contributed by atoms with Gasteiger partial charge in [0.05, 0.1) is 6.61 Å². The van der Waals surface area contributed by atoms with Gasteiger partial charge in [0.25, 0.3) is 5.91 Å². The maximum Gasteiger partial charge on any atom is 0.286 e. The highest BCUT2D eigenvalue weighted by atomic mass is 16.7. The molecule has 0 aliphatic carbocycles. The first-order chi connectivity index (χ1) is 13.6. The molecule has 2 rings (SSSR count). The molecule has 1 aromatic carbocycles. The van der Waals surface area contributed by atoms with Gasteiger partial charge in [-0.05, 0) is 43.5 Å². The minimum Gasteiger partial charge on any atom is -0.459 e. The predicted molar refractivity (Wildman–Crippen MR) is 106 cm³/mol. The lowest BCUT2D eigenvalue weighted by atomic mass is 9.80. The topological polar surface area (TPSA) is 77.0 Å². The average molecular weight is 387 g/mol. The number of aliphatic hydroxyl groups is 1. The molecule has 0 unspecified atom stereocenters. The van der Waals surface area contributed by atoms with E-state index in [-0.39, 0.29) is 30.1 Å². The third-order valence-corrected chi connectivity index (χ3v) is 4.69. The minimum atomic E-state index is -0.568. The predicted octanol–water partition coefficient (Wildman–Crippen LogP) is 2.18. The van der Waals surface area contributed by atoms with Crippen LogP contribution in [0.1, 0.15) is 36.8 Å². The van der Waals surface area contributed by atoms with E-state index in [0.29, 0.717) is 32.6 Å². The SMILES string of the molecule is C#Cc1ccc([C@H]2C=C(C(=O)NCCOC)O[C@@H](OCC)[C@@H]2CCCO)cc1. The Morgan fingerprint density at radius 3 is 2.71 bits per heavy atom. The monoisotopic (exact) mass is 387 g/mol. The van der Waals surface area contributed by atoms with Crippen molar-refractivity contribution in [2.45, 2.75) is 32.0 Å². The fourth-order valence-corrected chi connectivity index (χ4v) is 3.30. The number of carbonyl (C=O) groups excluding carboxylic acids is 1. The van der Waals surface area contributed by atoms with Gasteiger partial charge in [-0.15, -0.1) is 6.42 Å². The van der Waals surface area contributed by atoms with Crippen LogP contribution in [-0.2, 0) is 19.0 Å². The highest BCUT2D eigenvalue weighted by Crippen LogP contribution is 2.39. The zero-order valence-electron chi connectivity index (χ0n) is 16.5. The van der Waals surface area contributed by atoms with Gasteiger partial charge in [0.2, 0.25) is 6.29 Å². The summed E-state index contributed by atoms with van der Waals surface area (Å²) in [4.78, 5) is 12.5. The van der Waals surface area contributed by atoms with E-state index < -0.39 is 6.29 Å². The van der Waals surface area contributed by atoms with E-state index in [4.69, 9.17) is 20.6 Å². The second-order valence-electron chi connectivity index (χ2n) is 6.54. The van der Waals surface area contributed by atoms with Crippen molar-refractivity contribution >= 4 is 5.91 Å². The molecule has 28 heavy (non-hydrogen) atoms. The first-order valence-electron chi connectivity index (χ1n) is 9.59. The van der Waals surface area contributed by atoms with Crippen LogP contribution in [0.25, 0.3) is 0 Å². The molecule has 0 saturated heterocycles. The number of carbonyl (C=O) groups is 1. The van der Waals surface area contributed by atoms with Crippen LogP contribution >= 0.6 is 0 Å². The van der Waals surface area contributed by atoms with Gasteiger partial charge in [-0.1, -0.05) is 18.1 Å². The van der Waals surface area contributed by atoms with Gasteiger partial charge in [0, 0.05) is 44.3 Å². The zero-order chi connectivity index (χ0) is 20.4. The number of aliphatic hydroxyl groups excluding tert-OH is 1. The summed E-state index contributed by atoms with van der Waals surface area (Å²) in [7, 11) is 1.58. The minimum absolute atomic E-state index is 0.0284. The number of benzene rings is 1. The summed E-state index contributed by atoms with van der Waals surface area (Å²) in [6.07, 6.45) is 8.06. The molecule has 0 aromatic heterocycles. The van der Waals surface area contributed by atoms with Crippen LogP contribution in [0, 0.1) is 18.3 Å². The Morgan fingerprint density at radius 1 is 1.36 bits per heavy atom. The van der Waals surface area contributed by atoms with Gasteiger partial charge >= 0.3 is 0 Å². The molecule has 0 bridgehead atoms. The number of amides is 1. The third-order valence-electron chi connectivity index (χ3n) is 4.69. The van der Waals surface area contributed by atoms with Gasteiger partial charge in [-0.2, -0.15) is 0 Å². The Bertz CT molecular complexity index is 692. The average Bonchev–Trinajstić information content (AvgIpc) is 2.72. The number of methoxy groups -OCH3 is 1. The van der Waals surface area contributed by atoms with Crippen molar-refractivity contribution < 1.29 is 24.1 Å². The Morgan fingerprint density at radius 2 is 2.11 bits per heavy atom. The maximum atomic E-state index is 12.5. The number of hydrogen-bond donors (Lipinski definition) is 2. The van der Waals surface area contributed by atoms with Crippen LogP contribution < -0.4 is 5.32 Å². The lowest BCUT2D eigenvalue weighted by Crippen LogP contribution is -2.39. The van der Waals surface area contributed by atoms with Crippen molar-refractivity contribution in [3.63, 3.8) is 0 Å². The molecule has 1 aromatic rings. The van der Waals surface area contributed by atoms with E-state index in [0.717, 1.165) is 11.1 Å². The zero-order valence-corrected chi connectivity index (χ0v) is 16.5. The molecule has 1 aliphatic heterocycles. The molecule has 6 nitrogen and oxygen atoms in total. The third kappa shape index (κ3) is 5.83. The Labute approximate surface area is 166 Å². The molecule has 3 atom stereocenters. The molecule has 6 heteroatoms. The summed E-state index contributed by atoms with van der Waals surface area (Å²) >= 11 is 0. The fourth-order valence-electron chi connectivity index (χ4n) is 3.30. The maximum absolute atomic E-state index is 12.5. The molecule has 0 spiro atoms. The van der Waals surface area contributed by atoms with Crippen LogP contribution in [0.15, 0.2) is 36.1 Å². The van der Waals surface area contributed by atoms with Crippen LogP contribution in [0.5, 0.6) is 0 Å². The standard InChI is InChI=1S/C22H29NO5/c1-4-16-8-10-17(11-9-16)19-15-20(21(25)23-12-14-26-3)28-22(27-5-2)18(19)7-6-13-24/h1,8-11,15,18-19,22,24H,5-7,12-14H2,2-3H3,(H,23,25)/t18-,19-,22-/m1/s1. The first-order valence-corrected chi connectivity index (χ1v) is 9.59. The molecule has 2 N–H and O–H groups in total. The van der Waals surface area contributed by atoms with Crippen LogP contribution in [0.2, 0.25) is 0 Å². The Kier molecular flexibility index (Phi) is 9.02. The summed E-state index contributed by atoms with van der Waals surface area (Å²) in [5.74, 6) is 2.43. The second-order valence-corrected chi connectivity index (χ2v) is 6.54. The summed E-state index contributed by atoms with van der Waals surface area (Å²) in [5, 5.41) is 12.1. The summed E-state index contributed by atoms with van der Waals surface area (Å²) < 4.78 is 16.7. The highest BCUT2D eigenvalue weighted by molar-refractivity contribution is 5.91. The number of terminal acetylenes is 1. The number of allylic oxidation sites excluding steroid dienone is 1. The number of rotatable bonds is 10. The summed E-state index contributed by atoms with van der Waals surface area (Å²) in [6.45, 7) is 3.25. The van der Waals surface area contributed by atoms with Gasteiger partial charge in [0.1, 0.15) is 0 Å². The lowest BCUT2D eigenvalue weighted by Gasteiger charge is -2.37. The number of ether oxygens (including phenoxy) is 3. The van der Waals surface area contributed by atoms with E-state index >= 15 is 0 Å². The van der Waals surface area contributed by atoms with Crippen molar-refractivity contribution in [3.05, 3.63) is 47.2 Å². The number of hydrogen-bond acceptors (Lipinski definition) is 5. The Balaban J connectivity index is 2.34. The van der Waals surface area contributed by atoms with Crippen molar-refractivity contribution in [3.8, 4) is 12.3 Å². The van der Waals surface area contributed by atoms with Crippen LogP contribution in [0.3, 0.4) is 0 Å². The molecule has 1 amide bonds. The van der Waals surface area contributed by atoms with Crippen molar-refractivity contribution in [1.29, 1.82) is 0 Å². The van der Waals surface area contributed by atoms with Crippen LogP contribution in [-0.4, -0.2) is 50.8 Å². The van der Waals surface area contributed by atoms with Gasteiger partial charge in [-0.25, -0.2) is 0 Å². The second kappa shape index (κ2) is 11.5. The smallest absolute Gasteiger partial charge is 0.286 e. The lowest BCUT2D eigenvalue weighted by molar-refractivity contribution is -0.166. The van der Waals surface area contributed by atoms with Gasteiger partial charge in [0.15, 0.2) is 5.76 Å². The molecule has 152 valence electrons. The largest absolute Gasteiger partial charge is 0.459 e. The normalized spacial score (nSPS) is 21.4. The molecule has 0 radical (unpaired) electrons. The highest BCUT2D eigenvalue weighted by Gasteiger charge is 2.37. The fraction of sp³-hybridized carbons (Fsp3) is 0.500. The van der Waals surface area contributed by atoms with E-state index in [1.807, 2.05) is 37.3 Å².